The highest BCUT2D eigenvalue weighted by Gasteiger charge is 2.12. The SMILES string of the molecule is CC.C[C@H]1CCCCN1C. The minimum atomic E-state index is 0.837. The molecular weight excluding hydrogens is 122 g/mol. The Morgan fingerprint density at radius 3 is 2.10 bits per heavy atom. The first-order valence-electron chi connectivity index (χ1n) is 4.51. The molecule has 0 aromatic carbocycles. The molecule has 0 spiro atoms. The van der Waals surface area contributed by atoms with Gasteiger partial charge in [-0.2, -0.15) is 0 Å². The van der Waals surface area contributed by atoms with Crippen LogP contribution in [0.1, 0.15) is 40.0 Å². The Morgan fingerprint density at radius 1 is 1.20 bits per heavy atom. The Morgan fingerprint density at radius 2 is 1.80 bits per heavy atom. The first-order chi connectivity index (χ1) is 4.80. The van der Waals surface area contributed by atoms with Crippen LogP contribution >= 0.6 is 0 Å². The normalized spacial score (nSPS) is 27.0. The van der Waals surface area contributed by atoms with E-state index in [1.807, 2.05) is 13.8 Å². The molecule has 1 heterocycles. The zero-order chi connectivity index (χ0) is 7.98. The van der Waals surface area contributed by atoms with Gasteiger partial charge >= 0.3 is 0 Å². The third-order valence-electron chi connectivity index (χ3n) is 2.14. The predicted molar refractivity (Wildman–Crippen MR) is 47.3 cm³/mol. The van der Waals surface area contributed by atoms with Crippen LogP contribution in [0.5, 0.6) is 0 Å². The van der Waals surface area contributed by atoms with Crippen LogP contribution in [-0.2, 0) is 0 Å². The minimum absolute atomic E-state index is 0.837. The predicted octanol–water partition coefficient (Wildman–Crippen LogP) is 2.52. The van der Waals surface area contributed by atoms with Crippen molar-refractivity contribution in [1.82, 2.24) is 4.90 Å². The van der Waals surface area contributed by atoms with Crippen LogP contribution in [0.15, 0.2) is 0 Å². The van der Waals surface area contributed by atoms with Crippen molar-refractivity contribution >= 4 is 0 Å². The zero-order valence-electron chi connectivity index (χ0n) is 7.85. The van der Waals surface area contributed by atoms with Crippen LogP contribution in [0.3, 0.4) is 0 Å². The molecular formula is C9H21N. The number of hydrogen-bond donors (Lipinski definition) is 0. The van der Waals surface area contributed by atoms with Gasteiger partial charge in [0.25, 0.3) is 0 Å². The standard InChI is InChI=1S/C7H15N.C2H6/c1-7-5-3-4-6-8(7)2;1-2/h7H,3-6H2,1-2H3;1-2H3/t7-;/m0./s1. The van der Waals surface area contributed by atoms with Crippen molar-refractivity contribution in [2.75, 3.05) is 13.6 Å². The van der Waals surface area contributed by atoms with Gasteiger partial charge in [-0.25, -0.2) is 0 Å². The summed E-state index contributed by atoms with van der Waals surface area (Å²) < 4.78 is 0. The maximum atomic E-state index is 2.43. The van der Waals surface area contributed by atoms with Gasteiger partial charge in [0.1, 0.15) is 0 Å². The molecule has 62 valence electrons. The number of nitrogens with zero attached hydrogens (tertiary/aromatic N) is 1. The van der Waals surface area contributed by atoms with E-state index in [1.54, 1.807) is 0 Å². The van der Waals surface area contributed by atoms with Crippen molar-refractivity contribution in [1.29, 1.82) is 0 Å². The summed E-state index contributed by atoms with van der Waals surface area (Å²) in [7, 11) is 2.21. The van der Waals surface area contributed by atoms with Crippen LogP contribution in [-0.4, -0.2) is 24.5 Å². The molecule has 0 aromatic heterocycles. The topological polar surface area (TPSA) is 3.24 Å². The highest BCUT2D eigenvalue weighted by molar-refractivity contribution is 4.68. The van der Waals surface area contributed by atoms with E-state index in [2.05, 4.69) is 18.9 Å². The van der Waals surface area contributed by atoms with Gasteiger partial charge in [0.05, 0.1) is 0 Å². The van der Waals surface area contributed by atoms with Crippen molar-refractivity contribution < 1.29 is 0 Å². The summed E-state index contributed by atoms with van der Waals surface area (Å²) in [5.74, 6) is 0. The van der Waals surface area contributed by atoms with Gasteiger partial charge in [0.2, 0.25) is 0 Å². The van der Waals surface area contributed by atoms with Gasteiger partial charge in [-0.1, -0.05) is 20.3 Å². The molecule has 0 aromatic rings. The van der Waals surface area contributed by atoms with Crippen LogP contribution in [0.4, 0.5) is 0 Å². The van der Waals surface area contributed by atoms with Gasteiger partial charge in [0, 0.05) is 6.04 Å². The summed E-state index contributed by atoms with van der Waals surface area (Å²) >= 11 is 0. The van der Waals surface area contributed by atoms with E-state index >= 15 is 0 Å². The Kier molecular flexibility index (Phi) is 5.70. The monoisotopic (exact) mass is 143 g/mol. The second-order valence-electron chi connectivity index (χ2n) is 2.83. The summed E-state index contributed by atoms with van der Waals surface area (Å²) in [6.45, 7) is 7.61. The summed E-state index contributed by atoms with van der Waals surface area (Å²) in [5, 5.41) is 0. The zero-order valence-corrected chi connectivity index (χ0v) is 7.85. The van der Waals surface area contributed by atoms with E-state index in [9.17, 15) is 0 Å². The second-order valence-corrected chi connectivity index (χ2v) is 2.83. The van der Waals surface area contributed by atoms with Crippen molar-refractivity contribution in [3.05, 3.63) is 0 Å². The lowest BCUT2D eigenvalue weighted by atomic mass is 10.1. The van der Waals surface area contributed by atoms with E-state index in [0.29, 0.717) is 0 Å². The molecule has 1 atom stereocenters. The molecule has 1 fully saturated rings. The third-order valence-corrected chi connectivity index (χ3v) is 2.14. The lowest BCUT2D eigenvalue weighted by Crippen LogP contribution is -2.33. The van der Waals surface area contributed by atoms with Crippen molar-refractivity contribution in [3.63, 3.8) is 0 Å². The van der Waals surface area contributed by atoms with E-state index in [4.69, 9.17) is 0 Å². The largest absolute Gasteiger partial charge is 0.304 e. The van der Waals surface area contributed by atoms with Crippen LogP contribution in [0.25, 0.3) is 0 Å². The van der Waals surface area contributed by atoms with Crippen LogP contribution < -0.4 is 0 Å². The quantitative estimate of drug-likeness (QED) is 0.503. The number of rotatable bonds is 0. The molecule has 0 amide bonds. The smallest absolute Gasteiger partial charge is 0.00638 e. The van der Waals surface area contributed by atoms with Gasteiger partial charge in [0.15, 0.2) is 0 Å². The van der Waals surface area contributed by atoms with Crippen LogP contribution in [0, 0.1) is 0 Å². The third kappa shape index (κ3) is 3.21. The first-order valence-corrected chi connectivity index (χ1v) is 4.51. The van der Waals surface area contributed by atoms with Crippen molar-refractivity contribution in [3.8, 4) is 0 Å². The molecule has 1 rings (SSSR count). The molecule has 1 aliphatic rings. The lowest BCUT2D eigenvalue weighted by Gasteiger charge is -2.29. The van der Waals surface area contributed by atoms with Gasteiger partial charge in [-0.15, -0.1) is 0 Å². The average Bonchev–Trinajstić information content (AvgIpc) is 2.00. The summed E-state index contributed by atoms with van der Waals surface area (Å²) in [5.41, 5.74) is 0. The van der Waals surface area contributed by atoms with Gasteiger partial charge < -0.3 is 4.90 Å². The number of piperidine rings is 1. The molecule has 10 heavy (non-hydrogen) atoms. The van der Waals surface area contributed by atoms with Crippen LogP contribution in [0.2, 0.25) is 0 Å². The highest BCUT2D eigenvalue weighted by Crippen LogP contribution is 2.13. The fourth-order valence-electron chi connectivity index (χ4n) is 1.24. The van der Waals surface area contributed by atoms with E-state index in [-0.39, 0.29) is 0 Å². The van der Waals surface area contributed by atoms with Crippen molar-refractivity contribution in [2.45, 2.75) is 46.1 Å². The van der Waals surface area contributed by atoms with Gasteiger partial charge in [-0.3, -0.25) is 0 Å². The Hall–Kier alpha value is -0.0400. The number of hydrogen-bond acceptors (Lipinski definition) is 1. The summed E-state index contributed by atoms with van der Waals surface area (Å²) in [4.78, 5) is 2.43. The van der Waals surface area contributed by atoms with Gasteiger partial charge in [-0.05, 0) is 33.4 Å². The Bertz CT molecular complexity index is 61.1. The van der Waals surface area contributed by atoms with E-state index in [1.165, 1.54) is 25.8 Å². The highest BCUT2D eigenvalue weighted by atomic mass is 15.1. The van der Waals surface area contributed by atoms with Crippen molar-refractivity contribution in [2.24, 2.45) is 0 Å². The fourth-order valence-corrected chi connectivity index (χ4v) is 1.24. The first kappa shape index (κ1) is 9.96. The molecule has 1 saturated heterocycles. The molecule has 1 heteroatoms. The fraction of sp³-hybridized carbons (Fsp3) is 1.00. The Labute approximate surface area is 65.4 Å². The lowest BCUT2D eigenvalue weighted by molar-refractivity contribution is 0.200. The molecule has 1 nitrogen and oxygen atoms in total. The average molecular weight is 143 g/mol. The van der Waals surface area contributed by atoms with E-state index in [0.717, 1.165) is 6.04 Å². The molecule has 0 bridgehead atoms. The number of likely N-dealkylation sites (tertiary alicyclic amines) is 1. The maximum absolute atomic E-state index is 2.43. The molecule has 0 radical (unpaired) electrons. The summed E-state index contributed by atoms with van der Waals surface area (Å²) in [6.07, 6.45) is 4.24. The molecule has 1 aliphatic heterocycles. The molecule has 0 unspecified atom stereocenters. The maximum Gasteiger partial charge on any atom is 0.00638 e. The summed E-state index contributed by atoms with van der Waals surface area (Å²) in [6, 6.07) is 0.837. The van der Waals surface area contributed by atoms with E-state index < -0.39 is 0 Å². The molecule has 0 N–H and O–H groups in total. The minimum Gasteiger partial charge on any atom is -0.304 e. The Balaban J connectivity index is 0.000000371. The second kappa shape index (κ2) is 5.72. The molecule has 0 saturated carbocycles. The molecule has 0 aliphatic carbocycles.